The molecule has 0 bridgehead atoms. The fourth-order valence-corrected chi connectivity index (χ4v) is 3.89. The fourth-order valence-electron chi connectivity index (χ4n) is 3.89. The van der Waals surface area contributed by atoms with Crippen molar-refractivity contribution in [2.45, 2.75) is 57.4 Å². The molecule has 0 aromatic heterocycles. The van der Waals surface area contributed by atoms with Gasteiger partial charge in [-0.1, -0.05) is 44.0 Å². The number of fused-ring (bicyclic) bond motifs is 3. The molecular formula is C17H25N. The second kappa shape index (κ2) is 5.44. The van der Waals surface area contributed by atoms with Crippen LogP contribution in [0.25, 0.3) is 0 Å². The first-order valence-corrected chi connectivity index (χ1v) is 7.69. The second-order valence-corrected chi connectivity index (χ2v) is 6.09. The van der Waals surface area contributed by atoms with Gasteiger partial charge in [0.15, 0.2) is 0 Å². The summed E-state index contributed by atoms with van der Waals surface area (Å²) in [5.41, 5.74) is 3.24. The highest BCUT2D eigenvalue weighted by Gasteiger charge is 2.34. The summed E-state index contributed by atoms with van der Waals surface area (Å²) >= 11 is 0. The van der Waals surface area contributed by atoms with Gasteiger partial charge in [0.1, 0.15) is 0 Å². The van der Waals surface area contributed by atoms with Crippen molar-refractivity contribution in [3.63, 3.8) is 0 Å². The van der Waals surface area contributed by atoms with E-state index in [2.05, 4.69) is 36.5 Å². The van der Waals surface area contributed by atoms with Gasteiger partial charge in [-0.05, 0) is 48.6 Å². The van der Waals surface area contributed by atoms with Crippen LogP contribution in [0.15, 0.2) is 24.3 Å². The molecule has 1 N–H and O–H groups in total. The van der Waals surface area contributed by atoms with Gasteiger partial charge in [0.25, 0.3) is 0 Å². The van der Waals surface area contributed by atoms with Gasteiger partial charge in [-0.2, -0.15) is 0 Å². The van der Waals surface area contributed by atoms with Crippen molar-refractivity contribution in [2.24, 2.45) is 5.92 Å². The summed E-state index contributed by atoms with van der Waals surface area (Å²) in [6.45, 7) is 3.50. The lowest BCUT2D eigenvalue weighted by molar-refractivity contribution is 0.230. The molecule has 1 fully saturated rings. The third-order valence-corrected chi connectivity index (χ3v) is 4.93. The molecule has 3 atom stereocenters. The number of benzene rings is 1. The predicted molar refractivity (Wildman–Crippen MR) is 76.9 cm³/mol. The van der Waals surface area contributed by atoms with Gasteiger partial charge in [-0.15, -0.1) is 0 Å². The minimum Gasteiger partial charge on any atom is -0.313 e. The van der Waals surface area contributed by atoms with E-state index in [9.17, 15) is 0 Å². The first-order chi connectivity index (χ1) is 8.88. The molecule has 3 rings (SSSR count). The Labute approximate surface area is 111 Å². The number of aryl methyl sites for hydroxylation is 1. The van der Waals surface area contributed by atoms with Crippen LogP contribution in [0.4, 0.5) is 0 Å². The third kappa shape index (κ3) is 2.33. The lowest BCUT2D eigenvalue weighted by Gasteiger charge is -2.41. The number of unbranched alkanes of at least 4 members (excludes halogenated alkanes) is 1. The van der Waals surface area contributed by atoms with Gasteiger partial charge in [0.2, 0.25) is 0 Å². The molecule has 0 saturated carbocycles. The summed E-state index contributed by atoms with van der Waals surface area (Å²) in [4.78, 5) is 0. The summed E-state index contributed by atoms with van der Waals surface area (Å²) < 4.78 is 0. The highest BCUT2D eigenvalue weighted by Crippen LogP contribution is 2.40. The van der Waals surface area contributed by atoms with Crippen LogP contribution in [0.2, 0.25) is 0 Å². The molecule has 1 aromatic rings. The maximum atomic E-state index is 3.79. The summed E-state index contributed by atoms with van der Waals surface area (Å²) in [7, 11) is 0. The minimum atomic E-state index is 0.785. The molecule has 3 unspecified atom stereocenters. The van der Waals surface area contributed by atoms with Crippen LogP contribution >= 0.6 is 0 Å². The van der Waals surface area contributed by atoms with Crippen LogP contribution in [-0.2, 0) is 6.42 Å². The van der Waals surface area contributed by atoms with E-state index in [1.165, 1.54) is 45.1 Å². The molecule has 0 radical (unpaired) electrons. The average molecular weight is 243 g/mol. The van der Waals surface area contributed by atoms with E-state index in [-0.39, 0.29) is 0 Å². The van der Waals surface area contributed by atoms with E-state index in [4.69, 9.17) is 0 Å². The Bertz CT molecular complexity index is 398. The number of nitrogens with one attached hydrogen (secondary N) is 1. The predicted octanol–water partition coefficient (Wildman–Crippen LogP) is 3.88. The first-order valence-electron chi connectivity index (χ1n) is 7.69. The molecular weight excluding hydrogens is 218 g/mol. The third-order valence-electron chi connectivity index (χ3n) is 4.93. The van der Waals surface area contributed by atoms with Crippen molar-refractivity contribution in [2.75, 3.05) is 6.54 Å². The van der Waals surface area contributed by atoms with Crippen LogP contribution in [0.1, 0.15) is 56.1 Å². The van der Waals surface area contributed by atoms with Crippen molar-refractivity contribution in [1.29, 1.82) is 0 Å². The zero-order chi connectivity index (χ0) is 12.4. The minimum absolute atomic E-state index is 0.785. The molecule has 1 nitrogen and oxygen atoms in total. The van der Waals surface area contributed by atoms with E-state index in [1.807, 2.05) is 0 Å². The maximum absolute atomic E-state index is 3.79. The zero-order valence-corrected chi connectivity index (χ0v) is 11.5. The fraction of sp³-hybridized carbons (Fsp3) is 0.647. The Morgan fingerprint density at radius 1 is 1.28 bits per heavy atom. The molecule has 1 aliphatic carbocycles. The van der Waals surface area contributed by atoms with E-state index in [0.29, 0.717) is 0 Å². The Kier molecular flexibility index (Phi) is 3.69. The molecule has 1 aliphatic heterocycles. The Morgan fingerprint density at radius 3 is 3.06 bits per heavy atom. The van der Waals surface area contributed by atoms with Crippen LogP contribution in [0.3, 0.4) is 0 Å². The Morgan fingerprint density at radius 2 is 2.17 bits per heavy atom. The summed E-state index contributed by atoms with van der Waals surface area (Å²) in [6, 6.07) is 9.88. The van der Waals surface area contributed by atoms with Crippen LogP contribution in [0, 0.1) is 5.92 Å². The highest BCUT2D eigenvalue weighted by atomic mass is 14.9. The second-order valence-electron chi connectivity index (χ2n) is 6.09. The normalized spacial score (nSPS) is 30.6. The zero-order valence-electron chi connectivity index (χ0n) is 11.5. The maximum Gasteiger partial charge on any atom is 0.00701 e. The van der Waals surface area contributed by atoms with Crippen molar-refractivity contribution in [3.05, 3.63) is 35.4 Å². The van der Waals surface area contributed by atoms with Crippen molar-refractivity contribution < 1.29 is 0 Å². The summed E-state index contributed by atoms with van der Waals surface area (Å²) in [5.74, 6) is 1.72. The van der Waals surface area contributed by atoms with E-state index >= 15 is 0 Å². The monoisotopic (exact) mass is 243 g/mol. The molecule has 0 amide bonds. The summed E-state index contributed by atoms with van der Waals surface area (Å²) in [6.07, 6.45) is 8.20. The number of piperidine rings is 1. The van der Waals surface area contributed by atoms with Gasteiger partial charge in [-0.3, -0.25) is 0 Å². The van der Waals surface area contributed by atoms with Crippen LogP contribution < -0.4 is 5.32 Å². The largest absolute Gasteiger partial charge is 0.313 e. The van der Waals surface area contributed by atoms with Gasteiger partial charge >= 0.3 is 0 Å². The number of rotatable bonds is 3. The number of hydrogen-bond acceptors (Lipinski definition) is 1. The smallest absolute Gasteiger partial charge is 0.00701 e. The Balaban J connectivity index is 1.70. The molecule has 18 heavy (non-hydrogen) atoms. The molecule has 98 valence electrons. The van der Waals surface area contributed by atoms with E-state index in [0.717, 1.165) is 17.9 Å². The molecule has 1 aromatic carbocycles. The summed E-state index contributed by atoms with van der Waals surface area (Å²) in [5, 5.41) is 3.79. The quantitative estimate of drug-likeness (QED) is 0.849. The lowest BCUT2D eigenvalue weighted by Crippen LogP contribution is -2.44. The topological polar surface area (TPSA) is 12.0 Å². The van der Waals surface area contributed by atoms with E-state index in [1.54, 1.807) is 11.1 Å². The van der Waals surface area contributed by atoms with E-state index < -0.39 is 0 Å². The van der Waals surface area contributed by atoms with Crippen LogP contribution in [-0.4, -0.2) is 12.6 Å². The van der Waals surface area contributed by atoms with Crippen molar-refractivity contribution in [1.82, 2.24) is 5.32 Å². The molecule has 0 spiro atoms. The SMILES string of the molecule is CCCCC1CC2CCc3ccccc3C2CN1. The van der Waals surface area contributed by atoms with Gasteiger partial charge in [-0.25, -0.2) is 0 Å². The Hall–Kier alpha value is -0.820. The molecule has 1 heteroatoms. The molecule has 2 aliphatic rings. The van der Waals surface area contributed by atoms with Crippen molar-refractivity contribution >= 4 is 0 Å². The average Bonchev–Trinajstić information content (AvgIpc) is 2.44. The number of hydrogen-bond donors (Lipinski definition) is 1. The highest BCUT2D eigenvalue weighted by molar-refractivity contribution is 5.34. The lowest BCUT2D eigenvalue weighted by atomic mass is 9.70. The molecule has 1 saturated heterocycles. The van der Waals surface area contributed by atoms with Gasteiger partial charge < -0.3 is 5.32 Å². The van der Waals surface area contributed by atoms with Gasteiger partial charge in [0.05, 0.1) is 0 Å². The van der Waals surface area contributed by atoms with Crippen LogP contribution in [0.5, 0.6) is 0 Å². The van der Waals surface area contributed by atoms with Crippen molar-refractivity contribution in [3.8, 4) is 0 Å². The standard InChI is InChI=1S/C17H25N/c1-2-3-7-15-11-14-10-9-13-6-4-5-8-16(13)17(14)12-18-15/h4-6,8,14-15,17-18H,2-3,7,9-12H2,1H3. The first kappa shape index (κ1) is 12.2. The van der Waals surface area contributed by atoms with Gasteiger partial charge in [0, 0.05) is 12.6 Å². The molecule has 1 heterocycles.